The molecule has 94 valence electrons. The van der Waals surface area contributed by atoms with E-state index in [4.69, 9.17) is 0 Å². The third kappa shape index (κ3) is 4.07. The highest BCUT2D eigenvalue weighted by Crippen LogP contribution is 2.17. The van der Waals surface area contributed by atoms with Gasteiger partial charge in [-0.05, 0) is 37.5 Å². The number of hydrogen-bond acceptors (Lipinski definition) is 3. The first-order chi connectivity index (χ1) is 8.04. The van der Waals surface area contributed by atoms with Gasteiger partial charge in [-0.1, -0.05) is 13.0 Å². The second-order valence-electron chi connectivity index (χ2n) is 4.11. The molecule has 3 N–H and O–H groups in total. The number of aliphatic hydroxyl groups excluding tert-OH is 1. The van der Waals surface area contributed by atoms with Gasteiger partial charge in [-0.2, -0.15) is 0 Å². The predicted molar refractivity (Wildman–Crippen MR) is 66.1 cm³/mol. The Morgan fingerprint density at radius 1 is 1.47 bits per heavy atom. The minimum Gasteiger partial charge on any atom is -0.508 e. The molecule has 1 aromatic carbocycles. The molecule has 0 aliphatic rings. The monoisotopic (exact) mass is 237 g/mol. The number of nitrogens with one attached hydrogen (secondary N) is 1. The maximum atomic E-state index is 11.7. The number of phenolic OH excluding ortho intramolecular Hbond substituents is 1. The van der Waals surface area contributed by atoms with E-state index in [1.807, 2.05) is 6.92 Å². The third-order valence-corrected chi connectivity index (χ3v) is 2.71. The minimum absolute atomic E-state index is 0.117. The maximum absolute atomic E-state index is 11.7. The van der Waals surface area contributed by atoms with Gasteiger partial charge < -0.3 is 15.5 Å². The Hall–Kier alpha value is -1.55. The number of aromatic hydroxyl groups is 1. The number of aliphatic hydroxyl groups is 1. The van der Waals surface area contributed by atoms with E-state index >= 15 is 0 Å². The zero-order chi connectivity index (χ0) is 12.8. The lowest BCUT2D eigenvalue weighted by Crippen LogP contribution is -2.26. The zero-order valence-corrected chi connectivity index (χ0v) is 10.2. The summed E-state index contributed by atoms with van der Waals surface area (Å²) in [5.41, 5.74) is 1.17. The number of carbonyl (C=O) groups is 1. The zero-order valence-electron chi connectivity index (χ0n) is 10.2. The Bertz CT molecular complexity index is 390. The molecule has 0 aliphatic carbocycles. The molecule has 1 unspecified atom stereocenters. The molecule has 0 saturated heterocycles. The Kier molecular flexibility index (Phi) is 4.97. The van der Waals surface area contributed by atoms with Crippen LogP contribution in [0.5, 0.6) is 5.75 Å². The number of carbonyl (C=O) groups excluding carboxylic acids is 1. The topological polar surface area (TPSA) is 69.6 Å². The first-order valence-electron chi connectivity index (χ1n) is 5.80. The fraction of sp³-hybridized carbons (Fsp3) is 0.462. The Balaban J connectivity index is 2.50. The summed E-state index contributed by atoms with van der Waals surface area (Å²) in [6, 6.07) is 4.81. The van der Waals surface area contributed by atoms with Gasteiger partial charge in [-0.3, -0.25) is 4.79 Å². The highest BCUT2D eigenvalue weighted by molar-refractivity contribution is 5.94. The lowest BCUT2D eigenvalue weighted by molar-refractivity contribution is 0.0941. The van der Waals surface area contributed by atoms with E-state index in [1.165, 1.54) is 6.07 Å². The van der Waals surface area contributed by atoms with Crippen molar-refractivity contribution >= 4 is 5.91 Å². The number of benzene rings is 1. The van der Waals surface area contributed by atoms with Crippen molar-refractivity contribution in [1.82, 2.24) is 5.32 Å². The summed E-state index contributed by atoms with van der Waals surface area (Å²) in [5.74, 6) is -0.116. The van der Waals surface area contributed by atoms with E-state index in [-0.39, 0.29) is 17.8 Å². The van der Waals surface area contributed by atoms with Crippen LogP contribution in [0.2, 0.25) is 0 Å². The Morgan fingerprint density at radius 2 is 2.18 bits per heavy atom. The lowest BCUT2D eigenvalue weighted by atomic mass is 10.1. The van der Waals surface area contributed by atoms with Gasteiger partial charge in [-0.15, -0.1) is 0 Å². The molecular formula is C13H19NO3. The van der Waals surface area contributed by atoms with E-state index in [2.05, 4.69) is 5.32 Å². The van der Waals surface area contributed by atoms with Crippen molar-refractivity contribution in [3.63, 3.8) is 0 Å². The van der Waals surface area contributed by atoms with Gasteiger partial charge in [0.2, 0.25) is 0 Å². The molecule has 0 spiro atoms. The largest absolute Gasteiger partial charge is 0.508 e. The summed E-state index contributed by atoms with van der Waals surface area (Å²) >= 11 is 0. The molecule has 1 aromatic rings. The molecule has 4 nitrogen and oxygen atoms in total. The van der Waals surface area contributed by atoms with Crippen molar-refractivity contribution in [2.45, 2.75) is 32.8 Å². The van der Waals surface area contributed by atoms with Gasteiger partial charge in [0, 0.05) is 12.1 Å². The van der Waals surface area contributed by atoms with E-state index in [0.29, 0.717) is 24.9 Å². The average molecular weight is 237 g/mol. The van der Waals surface area contributed by atoms with Gasteiger partial charge >= 0.3 is 0 Å². The highest BCUT2D eigenvalue weighted by Gasteiger charge is 2.08. The number of hydrogen-bond donors (Lipinski definition) is 3. The molecule has 1 amide bonds. The molecular weight excluding hydrogens is 218 g/mol. The number of aryl methyl sites for hydroxylation is 1. The second kappa shape index (κ2) is 6.25. The Labute approximate surface area is 101 Å². The molecule has 0 bridgehead atoms. The second-order valence-corrected chi connectivity index (χ2v) is 4.11. The van der Waals surface area contributed by atoms with E-state index < -0.39 is 0 Å². The van der Waals surface area contributed by atoms with Crippen molar-refractivity contribution in [2.24, 2.45) is 0 Å². The molecule has 1 rings (SSSR count). The minimum atomic E-state index is -0.373. The van der Waals surface area contributed by atoms with Crippen LogP contribution in [0.1, 0.15) is 35.7 Å². The summed E-state index contributed by atoms with van der Waals surface area (Å²) < 4.78 is 0. The molecule has 0 saturated carbocycles. The van der Waals surface area contributed by atoms with Crippen molar-refractivity contribution in [1.29, 1.82) is 0 Å². The standard InChI is InChI=1S/C13H19NO3/c1-3-11(15)6-7-14-13(17)10-5-4-9(2)12(16)8-10/h4-5,8,11,15-16H,3,6-7H2,1-2H3,(H,14,17). The van der Waals surface area contributed by atoms with Gasteiger partial charge in [0.05, 0.1) is 6.10 Å². The fourth-order valence-corrected chi connectivity index (χ4v) is 1.41. The Morgan fingerprint density at radius 3 is 2.76 bits per heavy atom. The van der Waals surface area contributed by atoms with Crippen LogP contribution in [0.4, 0.5) is 0 Å². The summed E-state index contributed by atoms with van der Waals surface area (Å²) in [7, 11) is 0. The van der Waals surface area contributed by atoms with Crippen molar-refractivity contribution in [2.75, 3.05) is 6.54 Å². The van der Waals surface area contributed by atoms with Gasteiger partial charge in [0.15, 0.2) is 0 Å². The van der Waals surface area contributed by atoms with Crippen LogP contribution >= 0.6 is 0 Å². The average Bonchev–Trinajstić information content (AvgIpc) is 2.32. The molecule has 0 heterocycles. The van der Waals surface area contributed by atoms with E-state index in [1.54, 1.807) is 19.1 Å². The van der Waals surface area contributed by atoms with Crippen LogP contribution in [0.3, 0.4) is 0 Å². The van der Waals surface area contributed by atoms with Crippen molar-refractivity contribution < 1.29 is 15.0 Å². The number of phenols is 1. The maximum Gasteiger partial charge on any atom is 0.251 e. The number of amides is 1. The SMILES string of the molecule is CCC(O)CCNC(=O)c1ccc(C)c(O)c1. The molecule has 0 aromatic heterocycles. The molecule has 0 fully saturated rings. The molecule has 4 heteroatoms. The van der Waals surface area contributed by atoms with Crippen LogP contribution in [-0.2, 0) is 0 Å². The van der Waals surface area contributed by atoms with Crippen LogP contribution in [-0.4, -0.2) is 28.8 Å². The molecule has 0 aliphatic heterocycles. The number of rotatable bonds is 5. The summed E-state index contributed by atoms with van der Waals surface area (Å²) in [6.07, 6.45) is 0.850. The predicted octanol–water partition coefficient (Wildman–Crippen LogP) is 1.59. The van der Waals surface area contributed by atoms with Crippen molar-refractivity contribution in [3.8, 4) is 5.75 Å². The van der Waals surface area contributed by atoms with Gasteiger partial charge in [0.1, 0.15) is 5.75 Å². The van der Waals surface area contributed by atoms with Crippen LogP contribution < -0.4 is 5.32 Å². The molecule has 17 heavy (non-hydrogen) atoms. The normalized spacial score (nSPS) is 12.2. The van der Waals surface area contributed by atoms with Crippen LogP contribution in [0.15, 0.2) is 18.2 Å². The van der Waals surface area contributed by atoms with Crippen LogP contribution in [0.25, 0.3) is 0 Å². The summed E-state index contributed by atoms with van der Waals surface area (Å²) in [6.45, 7) is 4.10. The first kappa shape index (κ1) is 13.5. The lowest BCUT2D eigenvalue weighted by Gasteiger charge is -2.09. The van der Waals surface area contributed by atoms with Gasteiger partial charge in [-0.25, -0.2) is 0 Å². The quantitative estimate of drug-likeness (QED) is 0.728. The van der Waals surface area contributed by atoms with E-state index in [9.17, 15) is 15.0 Å². The summed E-state index contributed by atoms with van der Waals surface area (Å²) in [5, 5.41) is 21.5. The molecule has 1 atom stereocenters. The highest BCUT2D eigenvalue weighted by atomic mass is 16.3. The van der Waals surface area contributed by atoms with E-state index in [0.717, 1.165) is 5.56 Å². The summed E-state index contributed by atoms with van der Waals surface area (Å²) in [4.78, 5) is 11.7. The first-order valence-corrected chi connectivity index (χ1v) is 5.80. The van der Waals surface area contributed by atoms with Gasteiger partial charge in [0.25, 0.3) is 5.91 Å². The van der Waals surface area contributed by atoms with Crippen molar-refractivity contribution in [3.05, 3.63) is 29.3 Å². The fourth-order valence-electron chi connectivity index (χ4n) is 1.41. The smallest absolute Gasteiger partial charge is 0.251 e. The van der Waals surface area contributed by atoms with Crippen LogP contribution in [0, 0.1) is 6.92 Å². The third-order valence-electron chi connectivity index (χ3n) is 2.71. The molecule has 0 radical (unpaired) electrons.